The van der Waals surface area contributed by atoms with Crippen LogP contribution < -0.4 is 5.73 Å². The second-order valence-electron chi connectivity index (χ2n) is 4.44. The first-order valence-corrected chi connectivity index (χ1v) is 7.75. The van der Waals surface area contributed by atoms with Gasteiger partial charge in [-0.05, 0) is 41.1 Å². The molecular formula is C14H14BrN3S. The minimum absolute atomic E-state index is 0.142. The lowest BCUT2D eigenvalue weighted by Gasteiger charge is -2.18. The zero-order valence-corrected chi connectivity index (χ0v) is 12.9. The van der Waals surface area contributed by atoms with E-state index in [0.29, 0.717) is 6.54 Å². The van der Waals surface area contributed by atoms with E-state index in [1.807, 2.05) is 25.1 Å². The van der Waals surface area contributed by atoms with E-state index in [0.717, 1.165) is 21.3 Å². The summed E-state index contributed by atoms with van der Waals surface area (Å²) in [6.45, 7) is 2.60. The molecule has 0 aliphatic heterocycles. The first-order valence-electron chi connectivity index (χ1n) is 6.08. The number of thiophene rings is 1. The average Bonchev–Trinajstić information content (AvgIpc) is 2.96. The van der Waals surface area contributed by atoms with Gasteiger partial charge in [-0.25, -0.2) is 4.98 Å². The molecule has 0 fully saturated rings. The fourth-order valence-corrected chi connectivity index (χ4v) is 3.96. The SMILES string of the molecule is Cc1nc2ccccc2n1C(CN)c1cc(Br)cs1. The third kappa shape index (κ3) is 2.22. The highest BCUT2D eigenvalue weighted by atomic mass is 79.9. The first kappa shape index (κ1) is 12.8. The number of halogens is 1. The number of imidazole rings is 1. The smallest absolute Gasteiger partial charge is 0.107 e. The molecule has 1 aromatic carbocycles. The number of rotatable bonds is 3. The van der Waals surface area contributed by atoms with E-state index in [1.54, 1.807) is 11.3 Å². The van der Waals surface area contributed by atoms with Crippen LogP contribution in [0, 0.1) is 6.92 Å². The molecule has 5 heteroatoms. The molecule has 0 amide bonds. The standard InChI is InChI=1S/C14H14BrN3S/c1-9-17-11-4-2-3-5-12(11)18(9)13(7-16)14-6-10(15)8-19-14/h2-6,8,13H,7,16H2,1H3. The molecule has 0 radical (unpaired) electrons. The van der Waals surface area contributed by atoms with Crippen molar-refractivity contribution in [1.29, 1.82) is 0 Å². The Labute approximate surface area is 124 Å². The predicted octanol–water partition coefficient (Wildman–Crippen LogP) is 3.72. The van der Waals surface area contributed by atoms with Crippen LogP contribution in [0.5, 0.6) is 0 Å². The van der Waals surface area contributed by atoms with Gasteiger partial charge in [0.1, 0.15) is 5.82 Å². The molecule has 0 bridgehead atoms. The fourth-order valence-electron chi connectivity index (χ4n) is 2.41. The summed E-state index contributed by atoms with van der Waals surface area (Å²) in [6.07, 6.45) is 0. The molecule has 0 saturated heterocycles. The lowest BCUT2D eigenvalue weighted by Crippen LogP contribution is -2.20. The number of nitrogens with two attached hydrogens (primary N) is 1. The quantitative estimate of drug-likeness (QED) is 0.792. The molecule has 3 aromatic rings. The summed E-state index contributed by atoms with van der Waals surface area (Å²) >= 11 is 5.23. The Morgan fingerprint density at radius 3 is 2.89 bits per heavy atom. The van der Waals surface area contributed by atoms with Gasteiger partial charge in [-0.15, -0.1) is 11.3 Å². The molecule has 0 aliphatic carbocycles. The predicted molar refractivity (Wildman–Crippen MR) is 83.7 cm³/mol. The first-order chi connectivity index (χ1) is 9.20. The number of nitrogens with zero attached hydrogens (tertiary/aromatic N) is 2. The second-order valence-corrected chi connectivity index (χ2v) is 6.30. The molecule has 1 unspecified atom stereocenters. The molecule has 0 spiro atoms. The summed E-state index contributed by atoms with van der Waals surface area (Å²) in [5, 5.41) is 2.09. The van der Waals surface area contributed by atoms with Crippen LogP contribution in [0.25, 0.3) is 11.0 Å². The van der Waals surface area contributed by atoms with Crippen LogP contribution in [0.2, 0.25) is 0 Å². The zero-order chi connectivity index (χ0) is 13.4. The van der Waals surface area contributed by atoms with Crippen LogP contribution >= 0.6 is 27.3 Å². The van der Waals surface area contributed by atoms with Crippen molar-refractivity contribution < 1.29 is 0 Å². The molecule has 3 nitrogen and oxygen atoms in total. The van der Waals surface area contributed by atoms with Gasteiger partial charge < -0.3 is 10.3 Å². The van der Waals surface area contributed by atoms with Crippen molar-refractivity contribution in [2.24, 2.45) is 5.73 Å². The minimum atomic E-state index is 0.142. The molecule has 2 heterocycles. The highest BCUT2D eigenvalue weighted by Crippen LogP contribution is 2.31. The minimum Gasteiger partial charge on any atom is -0.328 e. The van der Waals surface area contributed by atoms with Gasteiger partial charge in [0.25, 0.3) is 0 Å². The summed E-state index contributed by atoms with van der Waals surface area (Å²) in [5.41, 5.74) is 8.17. The van der Waals surface area contributed by atoms with E-state index >= 15 is 0 Å². The van der Waals surface area contributed by atoms with Crippen LogP contribution in [-0.2, 0) is 0 Å². The van der Waals surface area contributed by atoms with Crippen molar-refractivity contribution >= 4 is 38.3 Å². The van der Waals surface area contributed by atoms with Crippen LogP contribution in [-0.4, -0.2) is 16.1 Å². The molecule has 19 heavy (non-hydrogen) atoms. The maximum Gasteiger partial charge on any atom is 0.107 e. The van der Waals surface area contributed by atoms with E-state index in [2.05, 4.69) is 43.0 Å². The largest absolute Gasteiger partial charge is 0.328 e. The van der Waals surface area contributed by atoms with Gasteiger partial charge in [-0.3, -0.25) is 0 Å². The Morgan fingerprint density at radius 1 is 1.42 bits per heavy atom. The molecule has 3 rings (SSSR count). The van der Waals surface area contributed by atoms with Crippen molar-refractivity contribution in [2.45, 2.75) is 13.0 Å². The third-order valence-corrected chi connectivity index (χ3v) is 5.02. The molecular weight excluding hydrogens is 322 g/mol. The number of fused-ring (bicyclic) bond motifs is 1. The number of aryl methyl sites for hydroxylation is 1. The van der Waals surface area contributed by atoms with Gasteiger partial charge in [0.05, 0.1) is 17.1 Å². The fraction of sp³-hybridized carbons (Fsp3) is 0.214. The van der Waals surface area contributed by atoms with E-state index in [9.17, 15) is 0 Å². The summed E-state index contributed by atoms with van der Waals surface area (Å²) in [4.78, 5) is 5.87. The summed E-state index contributed by atoms with van der Waals surface area (Å²) in [6, 6.07) is 10.5. The van der Waals surface area contributed by atoms with E-state index < -0.39 is 0 Å². The second kappa shape index (κ2) is 5.07. The van der Waals surface area contributed by atoms with Crippen molar-refractivity contribution in [3.8, 4) is 0 Å². The van der Waals surface area contributed by atoms with E-state index in [1.165, 1.54) is 4.88 Å². The lowest BCUT2D eigenvalue weighted by molar-refractivity contribution is 0.604. The Bertz CT molecular complexity index is 716. The van der Waals surface area contributed by atoms with E-state index in [4.69, 9.17) is 5.73 Å². The van der Waals surface area contributed by atoms with Gasteiger partial charge in [-0.2, -0.15) is 0 Å². The summed E-state index contributed by atoms with van der Waals surface area (Å²) < 4.78 is 3.33. The van der Waals surface area contributed by atoms with Crippen molar-refractivity contribution in [1.82, 2.24) is 9.55 Å². The average molecular weight is 336 g/mol. The number of para-hydroxylation sites is 2. The van der Waals surface area contributed by atoms with Crippen LogP contribution in [0.1, 0.15) is 16.7 Å². The highest BCUT2D eigenvalue weighted by molar-refractivity contribution is 9.10. The topological polar surface area (TPSA) is 43.8 Å². The van der Waals surface area contributed by atoms with Gasteiger partial charge in [0.15, 0.2) is 0 Å². The van der Waals surface area contributed by atoms with Crippen molar-refractivity contribution in [2.75, 3.05) is 6.54 Å². The Hall–Kier alpha value is -1.17. The number of aromatic nitrogens is 2. The van der Waals surface area contributed by atoms with Gasteiger partial charge in [-0.1, -0.05) is 12.1 Å². The van der Waals surface area contributed by atoms with Crippen molar-refractivity contribution in [3.63, 3.8) is 0 Å². The molecule has 1 atom stereocenters. The van der Waals surface area contributed by atoms with Crippen molar-refractivity contribution in [3.05, 3.63) is 50.9 Å². The molecule has 2 aromatic heterocycles. The normalized spacial score (nSPS) is 13.0. The summed E-state index contributed by atoms with van der Waals surface area (Å²) in [5.74, 6) is 1.00. The van der Waals surface area contributed by atoms with Gasteiger partial charge >= 0.3 is 0 Å². The van der Waals surface area contributed by atoms with Crippen LogP contribution in [0.4, 0.5) is 0 Å². The van der Waals surface area contributed by atoms with Crippen LogP contribution in [0.3, 0.4) is 0 Å². The molecule has 98 valence electrons. The number of benzene rings is 1. The van der Waals surface area contributed by atoms with E-state index in [-0.39, 0.29) is 6.04 Å². The van der Waals surface area contributed by atoms with Gasteiger partial charge in [0.2, 0.25) is 0 Å². The van der Waals surface area contributed by atoms with Gasteiger partial charge in [0, 0.05) is 21.3 Å². The van der Waals surface area contributed by atoms with Crippen LogP contribution in [0.15, 0.2) is 40.2 Å². The maximum atomic E-state index is 6.01. The Morgan fingerprint density at radius 2 is 2.21 bits per heavy atom. The molecule has 2 N–H and O–H groups in total. The Balaban J connectivity index is 2.18. The monoisotopic (exact) mass is 335 g/mol. The molecule has 0 saturated carbocycles. The third-order valence-electron chi connectivity index (χ3n) is 3.22. The lowest BCUT2D eigenvalue weighted by atomic mass is 10.2. The zero-order valence-electron chi connectivity index (χ0n) is 10.5. The highest BCUT2D eigenvalue weighted by Gasteiger charge is 2.19. The number of hydrogen-bond donors (Lipinski definition) is 1. The molecule has 0 aliphatic rings. The summed E-state index contributed by atoms with van der Waals surface area (Å²) in [7, 11) is 0. The number of hydrogen-bond acceptors (Lipinski definition) is 3. The maximum absolute atomic E-state index is 6.01. The Kier molecular flexibility index (Phi) is 3.43.